The minimum atomic E-state index is -0.971. The van der Waals surface area contributed by atoms with Gasteiger partial charge in [-0.05, 0) is 67.4 Å². The molecular weight excluding hydrogens is 640 g/mol. The highest BCUT2D eigenvalue weighted by Gasteiger charge is 2.25. The Bertz CT molecular complexity index is 1740. The fourth-order valence-corrected chi connectivity index (χ4v) is 4.70. The molecule has 1 heterocycles. The average Bonchev–Trinajstić information content (AvgIpc) is 3.07. The molecule has 0 aliphatic carbocycles. The van der Waals surface area contributed by atoms with Gasteiger partial charge in [-0.15, -0.1) is 0 Å². The lowest BCUT2D eigenvalue weighted by atomic mass is 9.97. The van der Waals surface area contributed by atoms with Crippen molar-refractivity contribution in [2.24, 2.45) is 0 Å². The second-order valence-corrected chi connectivity index (χ2v) is 10.3. The molecule has 1 atom stereocenters. The van der Waals surface area contributed by atoms with Gasteiger partial charge in [0.1, 0.15) is 11.8 Å². The third-order valence-corrected chi connectivity index (χ3v) is 6.99. The van der Waals surface area contributed by atoms with Gasteiger partial charge in [0.05, 0.1) is 25.5 Å². The van der Waals surface area contributed by atoms with E-state index >= 15 is 0 Å². The number of amides is 1. The van der Waals surface area contributed by atoms with Gasteiger partial charge in [-0.1, -0.05) is 49.4 Å². The summed E-state index contributed by atoms with van der Waals surface area (Å²) in [6, 6.07) is 20.6. The highest BCUT2D eigenvalue weighted by atomic mass is 35.5. The van der Waals surface area contributed by atoms with Gasteiger partial charge in [0.2, 0.25) is 5.91 Å². The number of nitrogens with zero attached hydrogens (tertiary/aromatic N) is 1. The van der Waals surface area contributed by atoms with Crippen molar-refractivity contribution in [3.63, 3.8) is 0 Å². The Morgan fingerprint density at radius 3 is 2.21 bits per heavy atom. The second kappa shape index (κ2) is 19.4. The molecule has 0 radical (unpaired) electrons. The highest BCUT2D eigenvalue weighted by molar-refractivity contribution is 6.31. The van der Waals surface area contributed by atoms with E-state index in [2.05, 4.69) is 10.1 Å². The Morgan fingerprint density at radius 1 is 0.958 bits per heavy atom. The fourth-order valence-electron chi connectivity index (χ4n) is 4.53. The summed E-state index contributed by atoms with van der Waals surface area (Å²) in [4.78, 5) is 60.9. The molecule has 0 spiro atoms. The highest BCUT2D eigenvalue weighted by Crippen LogP contribution is 2.34. The van der Waals surface area contributed by atoms with E-state index in [1.807, 2.05) is 30.3 Å². The molecule has 11 nitrogen and oxygen atoms in total. The van der Waals surface area contributed by atoms with E-state index in [4.69, 9.17) is 25.8 Å². The maximum Gasteiger partial charge on any atom is 0.340 e. The summed E-state index contributed by atoms with van der Waals surface area (Å²) in [7, 11) is 2.85. The third-order valence-electron chi connectivity index (χ3n) is 6.76. The average molecular weight is 679 g/mol. The van der Waals surface area contributed by atoms with Crippen molar-refractivity contribution in [2.75, 3.05) is 32.9 Å². The number of ether oxygens (including phenoxy) is 4. The van der Waals surface area contributed by atoms with Gasteiger partial charge in [0, 0.05) is 41.4 Å². The maximum atomic E-state index is 13.7. The molecule has 254 valence electrons. The van der Waals surface area contributed by atoms with Gasteiger partial charge < -0.3 is 24.3 Å². The zero-order valence-corrected chi connectivity index (χ0v) is 27.1. The van der Waals surface area contributed by atoms with Crippen LogP contribution in [0.3, 0.4) is 0 Å². The smallest absolute Gasteiger partial charge is 0.340 e. The van der Waals surface area contributed by atoms with Crippen LogP contribution in [0.2, 0.25) is 5.02 Å². The number of nitrogens with one attached hydrogen (secondary N) is 1. The number of benzene rings is 3. The van der Waals surface area contributed by atoms with Gasteiger partial charge in [-0.2, -0.15) is 0 Å². The SMILES string of the molecule is C.CCOC=O.COCOC(=O)c1ccc(NC(=O)C(Cc2ccccc2)n2cc(OC)c(-c3cc(Cl)ccc3C(C)=O)cc2=O)cc1. The summed E-state index contributed by atoms with van der Waals surface area (Å²) < 4.78 is 20.8. The molecule has 0 aliphatic rings. The number of pyridine rings is 1. The summed E-state index contributed by atoms with van der Waals surface area (Å²) >= 11 is 6.23. The lowest BCUT2D eigenvalue weighted by molar-refractivity contribution is -0.128. The van der Waals surface area contributed by atoms with E-state index in [0.29, 0.717) is 40.5 Å². The van der Waals surface area contributed by atoms with Gasteiger partial charge >= 0.3 is 5.97 Å². The molecular formula is C36H39ClN2O9. The number of hydrogen-bond donors (Lipinski definition) is 1. The molecule has 3 aromatic carbocycles. The number of anilines is 1. The van der Waals surface area contributed by atoms with Crippen molar-refractivity contribution >= 4 is 41.4 Å². The number of methoxy groups -OCH3 is 2. The van der Waals surface area contributed by atoms with Crippen molar-refractivity contribution in [1.82, 2.24) is 4.57 Å². The molecule has 0 saturated heterocycles. The fraction of sp³-hybridized carbons (Fsp3) is 0.250. The summed E-state index contributed by atoms with van der Waals surface area (Å²) in [6.45, 7) is 3.91. The maximum absolute atomic E-state index is 13.7. The first-order chi connectivity index (χ1) is 22.6. The van der Waals surface area contributed by atoms with Gasteiger partial charge in [-0.25, -0.2) is 4.79 Å². The van der Waals surface area contributed by atoms with Crippen molar-refractivity contribution in [2.45, 2.75) is 33.7 Å². The number of Topliss-reactive ketones (excluding diaryl/α,β-unsaturated/α-hetero) is 1. The molecule has 1 unspecified atom stereocenters. The molecule has 1 N–H and O–H groups in total. The van der Waals surface area contributed by atoms with Crippen LogP contribution >= 0.6 is 11.6 Å². The minimum absolute atomic E-state index is 0. The van der Waals surface area contributed by atoms with Gasteiger partial charge in [-0.3, -0.25) is 23.7 Å². The van der Waals surface area contributed by atoms with E-state index in [0.717, 1.165) is 5.56 Å². The zero-order chi connectivity index (χ0) is 34.3. The normalized spacial score (nSPS) is 10.7. The first-order valence-electron chi connectivity index (χ1n) is 14.4. The number of carbonyl (C=O) groups is 4. The Hall–Kier alpha value is -5.26. The largest absolute Gasteiger partial charge is 0.495 e. The van der Waals surface area contributed by atoms with Crippen LogP contribution in [0.1, 0.15) is 53.6 Å². The van der Waals surface area contributed by atoms with E-state index < -0.39 is 23.5 Å². The monoisotopic (exact) mass is 678 g/mol. The number of hydrogen-bond acceptors (Lipinski definition) is 9. The summed E-state index contributed by atoms with van der Waals surface area (Å²) in [5, 5.41) is 3.22. The molecule has 48 heavy (non-hydrogen) atoms. The first-order valence-corrected chi connectivity index (χ1v) is 14.8. The van der Waals surface area contributed by atoms with Crippen LogP contribution in [-0.4, -0.2) is 56.3 Å². The minimum Gasteiger partial charge on any atom is -0.495 e. The van der Waals surface area contributed by atoms with E-state index in [-0.39, 0.29) is 37.7 Å². The lowest BCUT2D eigenvalue weighted by Gasteiger charge is -2.22. The van der Waals surface area contributed by atoms with Crippen LogP contribution in [-0.2, 0) is 30.2 Å². The predicted octanol–water partition coefficient (Wildman–Crippen LogP) is 6.38. The van der Waals surface area contributed by atoms with Crippen molar-refractivity contribution in [3.05, 3.63) is 117 Å². The molecule has 0 saturated carbocycles. The molecule has 4 aromatic rings. The van der Waals surface area contributed by atoms with Crippen molar-refractivity contribution in [3.8, 4) is 16.9 Å². The number of carbonyl (C=O) groups excluding carboxylic acids is 4. The third kappa shape index (κ3) is 10.6. The molecule has 4 rings (SSSR count). The molecule has 0 fully saturated rings. The first kappa shape index (κ1) is 38.9. The van der Waals surface area contributed by atoms with Crippen molar-refractivity contribution in [1.29, 1.82) is 0 Å². The predicted molar refractivity (Wildman–Crippen MR) is 184 cm³/mol. The van der Waals surface area contributed by atoms with E-state index in [1.165, 1.54) is 50.1 Å². The van der Waals surface area contributed by atoms with Crippen LogP contribution in [0.5, 0.6) is 5.75 Å². The Morgan fingerprint density at radius 2 is 1.65 bits per heavy atom. The van der Waals surface area contributed by atoms with E-state index in [1.54, 1.807) is 37.3 Å². The molecule has 0 aliphatic heterocycles. The van der Waals surface area contributed by atoms with Gasteiger partial charge in [0.15, 0.2) is 12.6 Å². The van der Waals surface area contributed by atoms with Crippen LogP contribution in [0.25, 0.3) is 11.1 Å². The Balaban J connectivity index is 0.00000124. The number of rotatable bonds is 13. The summed E-state index contributed by atoms with van der Waals surface area (Å²) in [5.41, 5.74) is 2.26. The molecule has 1 aromatic heterocycles. The number of ketones is 1. The topological polar surface area (TPSA) is 139 Å². The molecule has 0 bridgehead atoms. The standard InChI is InChI=1S/C32H29ClN2O7.C3H6O2.CH4/c1-20(36)25-14-11-23(33)16-26(25)27-17-30(37)35(18-29(27)41-3)28(15-21-7-5-4-6-8-21)31(38)34-24-12-9-22(10-13-24)32(39)42-19-40-2;1-2-5-3-4;/h4-14,16-18,28H,15,19H2,1-3H3,(H,34,38);3H,2H2,1H3;1H4. The van der Waals surface area contributed by atoms with Crippen LogP contribution in [0, 0.1) is 0 Å². The summed E-state index contributed by atoms with van der Waals surface area (Å²) in [6.07, 6.45) is 1.66. The molecule has 12 heteroatoms. The number of halogens is 1. The van der Waals surface area contributed by atoms with Crippen LogP contribution < -0.4 is 15.6 Å². The number of esters is 1. The van der Waals surface area contributed by atoms with Crippen molar-refractivity contribution < 1.29 is 38.1 Å². The Kier molecular flexibility index (Phi) is 15.7. The zero-order valence-electron chi connectivity index (χ0n) is 26.4. The molecule has 1 amide bonds. The Labute approximate surface area is 284 Å². The second-order valence-electron chi connectivity index (χ2n) is 9.91. The quantitative estimate of drug-likeness (QED) is 0.0739. The lowest BCUT2D eigenvalue weighted by Crippen LogP contribution is -2.34. The van der Waals surface area contributed by atoms with E-state index in [9.17, 15) is 24.0 Å². The van der Waals surface area contributed by atoms with Crippen LogP contribution in [0.15, 0.2) is 89.9 Å². The van der Waals surface area contributed by atoms with Crippen LogP contribution in [0.4, 0.5) is 5.69 Å². The number of aromatic nitrogens is 1. The van der Waals surface area contributed by atoms with Gasteiger partial charge in [0.25, 0.3) is 12.0 Å². The summed E-state index contributed by atoms with van der Waals surface area (Å²) in [5.74, 6) is -0.947.